The van der Waals surface area contributed by atoms with Crippen LogP contribution in [0.4, 0.5) is 0 Å². The van der Waals surface area contributed by atoms with Crippen LogP contribution in [0.15, 0.2) is 48.5 Å². The molecule has 0 atom stereocenters. The van der Waals surface area contributed by atoms with Gasteiger partial charge in [-0.15, -0.1) is 5.10 Å². The Labute approximate surface area is 337 Å². The first kappa shape index (κ1) is 44.3. The highest BCUT2D eigenvalue weighted by molar-refractivity contribution is 7.13. The van der Waals surface area contributed by atoms with Gasteiger partial charge < -0.3 is 37.9 Å². The molecule has 0 aliphatic carbocycles. The van der Waals surface area contributed by atoms with Crippen LogP contribution in [0.2, 0.25) is 0 Å². The van der Waals surface area contributed by atoms with Gasteiger partial charge in [-0.25, -0.2) is 0 Å². The van der Waals surface area contributed by atoms with E-state index in [0.29, 0.717) is 108 Å². The maximum Gasteiger partial charge on any atom is 0.309 e. The number of ether oxygens (including phenoxy) is 8. The van der Waals surface area contributed by atoms with Gasteiger partial charge in [0.05, 0.1) is 94.4 Å². The summed E-state index contributed by atoms with van der Waals surface area (Å²) in [6.45, 7) is 9.18. The number of fused-ring (bicyclic) bond motifs is 1. The quantitative estimate of drug-likeness (QED) is 0.0443. The number of hydrogen-bond acceptors (Lipinski definition) is 15. The third kappa shape index (κ3) is 13.6. The standard InChI is InChI=1S/C42H52N2O12S/c1-5-21-53-35(45)17-25-49-31-11-9-12-32(50-26-18-36(46)54-22-6-2)39(31)29-15-16-30(42-41(29)43-44-57-42)40-33(51-27-19-37(47)55-23-7-3)13-10-14-34(40)52-28-20-38(48)56-24-8-4/h9-16H,5-8,17-28H2,1-4H3. The van der Waals surface area contributed by atoms with Crippen LogP contribution in [0.25, 0.3) is 32.5 Å². The molecule has 1 aromatic heterocycles. The molecule has 0 saturated carbocycles. The number of carbonyl (C=O) groups excluding carboxylic acids is 4. The van der Waals surface area contributed by atoms with Crippen molar-refractivity contribution in [1.82, 2.24) is 9.59 Å². The molecule has 4 aromatic rings. The number of benzene rings is 3. The molecule has 0 unspecified atom stereocenters. The first-order valence-corrected chi connectivity index (χ1v) is 20.2. The fraction of sp³-hybridized carbons (Fsp3) is 0.476. The lowest BCUT2D eigenvalue weighted by Gasteiger charge is -2.19. The van der Waals surface area contributed by atoms with Gasteiger partial charge in [0.2, 0.25) is 0 Å². The molecule has 308 valence electrons. The third-order valence-electron chi connectivity index (χ3n) is 8.04. The Morgan fingerprint density at radius 1 is 0.474 bits per heavy atom. The topological polar surface area (TPSA) is 168 Å². The molecule has 0 N–H and O–H groups in total. The molecule has 4 rings (SSSR count). The van der Waals surface area contributed by atoms with E-state index in [-0.39, 0.29) is 76.0 Å². The zero-order valence-corrected chi connectivity index (χ0v) is 34.0. The second kappa shape index (κ2) is 24.3. The smallest absolute Gasteiger partial charge is 0.309 e. The van der Waals surface area contributed by atoms with Crippen molar-refractivity contribution in [3.8, 4) is 45.3 Å². The maximum atomic E-state index is 12.3. The molecule has 0 radical (unpaired) electrons. The lowest BCUT2D eigenvalue weighted by molar-refractivity contribution is -0.145. The van der Waals surface area contributed by atoms with Crippen molar-refractivity contribution in [2.75, 3.05) is 52.9 Å². The van der Waals surface area contributed by atoms with Crippen LogP contribution in [-0.4, -0.2) is 86.3 Å². The van der Waals surface area contributed by atoms with Crippen LogP contribution in [-0.2, 0) is 38.1 Å². The normalized spacial score (nSPS) is 10.8. The van der Waals surface area contributed by atoms with Crippen LogP contribution >= 0.6 is 11.5 Å². The molecular weight excluding hydrogens is 757 g/mol. The lowest BCUT2D eigenvalue weighted by atomic mass is 9.96. The van der Waals surface area contributed by atoms with Crippen molar-refractivity contribution in [2.24, 2.45) is 0 Å². The molecule has 0 spiro atoms. The highest BCUT2D eigenvalue weighted by Gasteiger charge is 2.24. The monoisotopic (exact) mass is 808 g/mol. The van der Waals surface area contributed by atoms with E-state index in [4.69, 9.17) is 37.9 Å². The molecule has 0 aliphatic rings. The molecule has 0 aliphatic heterocycles. The summed E-state index contributed by atoms with van der Waals surface area (Å²) in [5, 5.41) is 4.54. The van der Waals surface area contributed by atoms with Crippen molar-refractivity contribution in [3.05, 3.63) is 48.5 Å². The summed E-state index contributed by atoms with van der Waals surface area (Å²) >= 11 is 1.16. The highest BCUT2D eigenvalue weighted by atomic mass is 32.1. The largest absolute Gasteiger partial charge is 0.492 e. The summed E-state index contributed by atoms with van der Waals surface area (Å²) in [6.07, 6.45) is 2.99. The second-order valence-electron chi connectivity index (χ2n) is 12.6. The number of carbonyl (C=O) groups is 4. The Morgan fingerprint density at radius 2 is 0.807 bits per heavy atom. The van der Waals surface area contributed by atoms with E-state index < -0.39 is 0 Å². The summed E-state index contributed by atoms with van der Waals surface area (Å²) in [5.74, 6) is 0.221. The Balaban J connectivity index is 1.75. The van der Waals surface area contributed by atoms with Gasteiger partial charge in [0.1, 0.15) is 28.5 Å². The zero-order chi connectivity index (χ0) is 40.8. The summed E-state index contributed by atoms with van der Waals surface area (Å²) < 4.78 is 50.7. The summed E-state index contributed by atoms with van der Waals surface area (Å²) in [4.78, 5) is 49.2. The van der Waals surface area contributed by atoms with Crippen molar-refractivity contribution >= 4 is 45.6 Å². The summed E-state index contributed by atoms with van der Waals surface area (Å²) in [7, 11) is 0. The zero-order valence-electron chi connectivity index (χ0n) is 33.1. The van der Waals surface area contributed by atoms with Crippen LogP contribution < -0.4 is 18.9 Å². The molecule has 15 heteroatoms. The summed E-state index contributed by atoms with van der Waals surface area (Å²) in [6, 6.07) is 14.3. The molecule has 0 amide bonds. The number of rotatable bonds is 26. The van der Waals surface area contributed by atoms with E-state index >= 15 is 0 Å². The fourth-order valence-electron chi connectivity index (χ4n) is 5.43. The minimum atomic E-state index is -0.374. The van der Waals surface area contributed by atoms with E-state index in [2.05, 4.69) is 9.59 Å². The number of nitrogens with zero attached hydrogens (tertiary/aromatic N) is 2. The van der Waals surface area contributed by atoms with Crippen LogP contribution in [0, 0.1) is 0 Å². The van der Waals surface area contributed by atoms with Gasteiger partial charge in [-0.2, -0.15) is 0 Å². The van der Waals surface area contributed by atoms with Crippen molar-refractivity contribution in [3.63, 3.8) is 0 Å². The highest BCUT2D eigenvalue weighted by Crippen LogP contribution is 2.47. The minimum Gasteiger partial charge on any atom is -0.492 e. The SMILES string of the molecule is CCCOC(=O)CCOc1cccc(OCCC(=O)OCCC)c1-c1ccc(-c2c(OCCC(=O)OCCC)cccc2OCCC(=O)OCCC)c2snnc12. The van der Waals surface area contributed by atoms with Crippen molar-refractivity contribution < 1.29 is 57.1 Å². The predicted octanol–water partition coefficient (Wildman–Crippen LogP) is 7.91. The van der Waals surface area contributed by atoms with Gasteiger partial charge in [-0.3, -0.25) is 19.2 Å². The third-order valence-corrected chi connectivity index (χ3v) is 8.80. The van der Waals surface area contributed by atoms with Crippen molar-refractivity contribution in [1.29, 1.82) is 0 Å². The van der Waals surface area contributed by atoms with Crippen LogP contribution in [0.1, 0.15) is 79.1 Å². The van der Waals surface area contributed by atoms with Crippen LogP contribution in [0.3, 0.4) is 0 Å². The van der Waals surface area contributed by atoms with Gasteiger partial charge in [0.15, 0.2) is 0 Å². The average Bonchev–Trinajstić information content (AvgIpc) is 3.71. The first-order valence-electron chi connectivity index (χ1n) is 19.5. The Hall–Kier alpha value is -5.44. The van der Waals surface area contributed by atoms with Crippen LogP contribution in [0.5, 0.6) is 23.0 Å². The van der Waals surface area contributed by atoms with E-state index in [1.165, 1.54) is 0 Å². The van der Waals surface area contributed by atoms with E-state index in [1.807, 2.05) is 39.8 Å². The van der Waals surface area contributed by atoms with Gasteiger partial charge in [-0.05, 0) is 61.5 Å². The van der Waals surface area contributed by atoms with E-state index in [0.717, 1.165) is 11.5 Å². The average molecular weight is 809 g/mol. The molecule has 57 heavy (non-hydrogen) atoms. The molecule has 3 aromatic carbocycles. The summed E-state index contributed by atoms with van der Waals surface area (Å²) in [5.41, 5.74) is 2.92. The van der Waals surface area contributed by atoms with Gasteiger partial charge >= 0.3 is 23.9 Å². The first-order chi connectivity index (χ1) is 27.8. The Bertz CT molecular complexity index is 1690. The number of aromatic nitrogens is 2. The molecule has 0 bridgehead atoms. The Morgan fingerprint density at radius 3 is 1.16 bits per heavy atom. The minimum absolute atomic E-state index is 0.0343. The number of esters is 4. The lowest BCUT2D eigenvalue weighted by Crippen LogP contribution is -2.12. The van der Waals surface area contributed by atoms with Gasteiger partial charge in [-0.1, -0.05) is 56.4 Å². The molecular formula is C42H52N2O12S. The molecule has 0 saturated heterocycles. The van der Waals surface area contributed by atoms with E-state index in [1.54, 1.807) is 36.4 Å². The van der Waals surface area contributed by atoms with Gasteiger partial charge in [0.25, 0.3) is 0 Å². The number of hydrogen-bond donors (Lipinski definition) is 0. The molecule has 0 fully saturated rings. The van der Waals surface area contributed by atoms with Crippen molar-refractivity contribution in [2.45, 2.75) is 79.1 Å². The Kier molecular flexibility index (Phi) is 18.8. The van der Waals surface area contributed by atoms with E-state index in [9.17, 15) is 19.2 Å². The fourth-order valence-corrected chi connectivity index (χ4v) is 6.14. The predicted molar refractivity (Wildman–Crippen MR) is 214 cm³/mol. The molecule has 1 heterocycles. The maximum absolute atomic E-state index is 12.3. The molecule has 14 nitrogen and oxygen atoms in total. The van der Waals surface area contributed by atoms with Gasteiger partial charge in [0, 0.05) is 11.1 Å². The second-order valence-corrected chi connectivity index (χ2v) is 13.4.